The van der Waals surface area contributed by atoms with E-state index in [9.17, 15) is 23.2 Å². The van der Waals surface area contributed by atoms with Crippen molar-refractivity contribution in [3.8, 4) is 0 Å². The molecule has 1 saturated heterocycles. The molecule has 0 radical (unpaired) electrons. The number of ether oxygens (including phenoxy) is 1. The normalized spacial score (nSPS) is 17.7. The third-order valence-electron chi connectivity index (χ3n) is 7.19. The molecule has 2 aliphatic rings. The highest BCUT2D eigenvalue weighted by atomic mass is 19.1. The molecule has 0 aliphatic carbocycles. The first kappa shape index (κ1) is 29.8. The van der Waals surface area contributed by atoms with Crippen LogP contribution in [0.2, 0.25) is 0 Å². The fourth-order valence-electron chi connectivity index (χ4n) is 5.04. The minimum atomic E-state index is -1.38. The molecule has 3 aromatic carbocycles. The van der Waals surface area contributed by atoms with Crippen LogP contribution in [0, 0.1) is 11.6 Å². The van der Waals surface area contributed by atoms with E-state index in [0.29, 0.717) is 61.2 Å². The van der Waals surface area contributed by atoms with E-state index in [-0.39, 0.29) is 6.42 Å². The van der Waals surface area contributed by atoms with Gasteiger partial charge in [0.1, 0.15) is 17.7 Å². The number of aliphatic imine (C=N–C) groups is 1. The molecule has 4 amide bonds. The van der Waals surface area contributed by atoms with Crippen molar-refractivity contribution in [2.75, 3.05) is 48.4 Å². The van der Waals surface area contributed by atoms with Gasteiger partial charge < -0.3 is 20.7 Å². The molecule has 2 heterocycles. The van der Waals surface area contributed by atoms with E-state index in [4.69, 9.17) is 9.73 Å². The van der Waals surface area contributed by atoms with E-state index in [1.165, 1.54) is 53.4 Å². The van der Waals surface area contributed by atoms with E-state index < -0.39 is 41.7 Å². The second kappa shape index (κ2) is 13.5. The van der Waals surface area contributed by atoms with Crippen LogP contribution in [0.15, 0.2) is 77.8 Å². The number of fused-ring (bicyclic) bond motifs is 1. The fraction of sp³-hybridized carbons (Fsp3) is 0.290. The third-order valence-corrected chi connectivity index (χ3v) is 7.19. The van der Waals surface area contributed by atoms with Crippen molar-refractivity contribution < 1.29 is 27.9 Å². The number of urea groups is 1. The molecule has 2 aliphatic heterocycles. The predicted octanol–water partition coefficient (Wildman–Crippen LogP) is 4.00. The van der Waals surface area contributed by atoms with Crippen LogP contribution in [0.5, 0.6) is 0 Å². The summed E-state index contributed by atoms with van der Waals surface area (Å²) in [5, 5.41) is 8.01. The second-order valence-corrected chi connectivity index (χ2v) is 10.1. The predicted molar refractivity (Wildman–Crippen MR) is 159 cm³/mol. The van der Waals surface area contributed by atoms with Crippen molar-refractivity contribution in [3.63, 3.8) is 0 Å². The lowest BCUT2D eigenvalue weighted by molar-refractivity contribution is -0.124. The van der Waals surface area contributed by atoms with Crippen molar-refractivity contribution >= 4 is 40.6 Å². The summed E-state index contributed by atoms with van der Waals surface area (Å²) in [5.74, 6) is -2.00. The number of halogens is 2. The van der Waals surface area contributed by atoms with E-state index in [1.54, 1.807) is 19.1 Å². The molecule has 2 atom stereocenters. The maximum absolute atomic E-state index is 14.2. The highest BCUT2D eigenvalue weighted by Gasteiger charge is 2.39. The highest BCUT2D eigenvalue weighted by Crippen LogP contribution is 2.30. The summed E-state index contributed by atoms with van der Waals surface area (Å²) in [5.41, 5.74) is 2.39. The Morgan fingerprint density at radius 1 is 0.930 bits per heavy atom. The minimum Gasteiger partial charge on any atom is -0.379 e. The molecule has 0 bridgehead atoms. The standard InChI is InChI=1S/C31H32F2N6O4/c1-2-26(29(40)34-22-11-7-20(32)8-12-22)39-27-6-4-3-5-24(27)25(19-38-15-17-43-18-16-38)36-28(30(39)41)37-31(42)35-23-13-9-21(33)10-14-23/h3-14,26,28H,2,15-19H2,1H3,(H,34,40)(H2,35,37,42). The molecule has 12 heteroatoms. The van der Waals surface area contributed by atoms with Crippen LogP contribution in [0.4, 0.5) is 30.6 Å². The van der Waals surface area contributed by atoms with Gasteiger partial charge in [-0.2, -0.15) is 0 Å². The van der Waals surface area contributed by atoms with Gasteiger partial charge in [0.05, 0.1) is 24.6 Å². The van der Waals surface area contributed by atoms with Gasteiger partial charge in [0.15, 0.2) is 0 Å². The molecule has 2 unspecified atom stereocenters. The number of para-hydroxylation sites is 1. The Balaban J connectivity index is 1.49. The molecule has 0 saturated carbocycles. The number of anilines is 3. The monoisotopic (exact) mass is 590 g/mol. The van der Waals surface area contributed by atoms with Crippen LogP contribution in [0.25, 0.3) is 0 Å². The smallest absolute Gasteiger partial charge is 0.321 e. The molecular weight excluding hydrogens is 558 g/mol. The van der Waals surface area contributed by atoms with Crippen molar-refractivity contribution in [1.29, 1.82) is 0 Å². The molecule has 10 nitrogen and oxygen atoms in total. The van der Waals surface area contributed by atoms with Gasteiger partial charge in [-0.15, -0.1) is 0 Å². The number of amides is 4. The van der Waals surface area contributed by atoms with Crippen LogP contribution in [0.3, 0.4) is 0 Å². The van der Waals surface area contributed by atoms with Crippen LogP contribution < -0.4 is 20.9 Å². The first-order chi connectivity index (χ1) is 20.8. The Labute approximate surface area is 247 Å². The minimum absolute atomic E-state index is 0.237. The van der Waals surface area contributed by atoms with Gasteiger partial charge in [0, 0.05) is 36.6 Å². The number of hydrogen-bond acceptors (Lipinski definition) is 6. The van der Waals surface area contributed by atoms with Gasteiger partial charge in [-0.05, 0) is 61.0 Å². The maximum Gasteiger partial charge on any atom is 0.321 e. The zero-order valence-electron chi connectivity index (χ0n) is 23.6. The van der Waals surface area contributed by atoms with Crippen LogP contribution in [-0.4, -0.2) is 73.5 Å². The van der Waals surface area contributed by atoms with Crippen molar-refractivity contribution in [2.45, 2.75) is 25.6 Å². The van der Waals surface area contributed by atoms with Gasteiger partial charge in [-0.1, -0.05) is 25.1 Å². The van der Waals surface area contributed by atoms with Gasteiger partial charge in [0.2, 0.25) is 12.1 Å². The topological polar surface area (TPSA) is 115 Å². The van der Waals surface area contributed by atoms with Gasteiger partial charge >= 0.3 is 6.03 Å². The second-order valence-electron chi connectivity index (χ2n) is 10.1. The van der Waals surface area contributed by atoms with Crippen LogP contribution >= 0.6 is 0 Å². The molecule has 224 valence electrons. The SMILES string of the molecule is CCC(C(=O)Nc1ccc(F)cc1)N1C(=O)C(NC(=O)Nc2ccc(F)cc2)N=C(CN2CCOCC2)c2ccccc21. The lowest BCUT2D eigenvalue weighted by Crippen LogP contribution is -2.54. The highest BCUT2D eigenvalue weighted by molar-refractivity contribution is 6.16. The summed E-state index contributed by atoms with van der Waals surface area (Å²) in [6.45, 7) is 4.61. The number of morpholine rings is 1. The molecule has 5 rings (SSSR count). The lowest BCUT2D eigenvalue weighted by Gasteiger charge is -2.32. The Kier molecular flexibility index (Phi) is 9.38. The number of hydrogen-bond donors (Lipinski definition) is 3. The molecule has 3 N–H and O–H groups in total. The lowest BCUT2D eigenvalue weighted by atomic mass is 10.0. The Morgan fingerprint density at radius 3 is 2.16 bits per heavy atom. The summed E-state index contributed by atoms with van der Waals surface area (Å²) in [7, 11) is 0. The van der Waals surface area contributed by atoms with Gasteiger partial charge in [-0.3, -0.25) is 24.4 Å². The summed E-state index contributed by atoms with van der Waals surface area (Å²) < 4.78 is 32.3. The number of nitrogens with zero attached hydrogens (tertiary/aromatic N) is 3. The molecular formula is C31H32F2N6O4. The number of nitrogens with one attached hydrogen (secondary N) is 3. The molecule has 0 spiro atoms. The Morgan fingerprint density at radius 2 is 1.53 bits per heavy atom. The first-order valence-electron chi connectivity index (χ1n) is 14.0. The zero-order valence-corrected chi connectivity index (χ0v) is 23.6. The van der Waals surface area contributed by atoms with Crippen molar-refractivity contribution in [2.24, 2.45) is 4.99 Å². The van der Waals surface area contributed by atoms with Crippen molar-refractivity contribution in [3.05, 3.63) is 90.0 Å². The summed E-state index contributed by atoms with van der Waals surface area (Å²) >= 11 is 0. The molecule has 43 heavy (non-hydrogen) atoms. The first-order valence-corrected chi connectivity index (χ1v) is 14.0. The van der Waals surface area contributed by atoms with E-state index in [2.05, 4.69) is 20.9 Å². The average Bonchev–Trinajstić information content (AvgIpc) is 3.11. The number of carbonyl (C=O) groups excluding carboxylic acids is 3. The molecule has 0 aromatic heterocycles. The van der Waals surface area contributed by atoms with Gasteiger partial charge in [-0.25, -0.2) is 13.6 Å². The number of benzodiazepines with no additional fused rings is 1. The van der Waals surface area contributed by atoms with E-state index >= 15 is 0 Å². The van der Waals surface area contributed by atoms with E-state index in [0.717, 1.165) is 0 Å². The van der Waals surface area contributed by atoms with Gasteiger partial charge in [0.25, 0.3) is 5.91 Å². The quantitative estimate of drug-likeness (QED) is 0.367. The zero-order chi connectivity index (χ0) is 30.3. The van der Waals surface area contributed by atoms with Crippen LogP contribution in [-0.2, 0) is 14.3 Å². The number of benzene rings is 3. The summed E-state index contributed by atoms with van der Waals surface area (Å²) in [6.07, 6.45) is -1.14. The number of carbonyl (C=O) groups is 3. The molecule has 1 fully saturated rings. The maximum atomic E-state index is 14.2. The average molecular weight is 591 g/mol. The largest absolute Gasteiger partial charge is 0.379 e. The van der Waals surface area contributed by atoms with Crippen molar-refractivity contribution in [1.82, 2.24) is 10.2 Å². The third kappa shape index (κ3) is 7.22. The Bertz CT molecular complexity index is 1490. The van der Waals surface area contributed by atoms with Crippen LogP contribution in [0.1, 0.15) is 18.9 Å². The molecule has 3 aromatic rings. The van der Waals surface area contributed by atoms with E-state index in [1.807, 2.05) is 12.1 Å². The number of rotatable bonds is 8. The fourth-order valence-corrected chi connectivity index (χ4v) is 5.04. The summed E-state index contributed by atoms with van der Waals surface area (Å²) in [4.78, 5) is 49.2. The summed E-state index contributed by atoms with van der Waals surface area (Å²) in [6, 6.07) is 16.0. The Hall–Kier alpha value is -4.68.